The highest BCUT2D eigenvalue weighted by molar-refractivity contribution is 7.95. The van der Waals surface area contributed by atoms with Gasteiger partial charge in [-0.05, 0) is 11.1 Å². The zero-order chi connectivity index (χ0) is 14.3. The van der Waals surface area contributed by atoms with E-state index >= 15 is 0 Å². The van der Waals surface area contributed by atoms with Gasteiger partial charge in [0.25, 0.3) is 10.0 Å². The summed E-state index contributed by atoms with van der Waals surface area (Å²) in [6, 6.07) is 7.93. The number of aliphatic carboxylic acids is 1. The Balaban J connectivity index is 1.85. The number of hydrogen-bond acceptors (Lipinski definition) is 4. The molecule has 2 aliphatic rings. The number of nitrogens with zero attached hydrogens (tertiary/aromatic N) is 2. The topological polar surface area (TPSA) is 87.0 Å². The second-order valence-corrected chi connectivity index (χ2v) is 6.35. The predicted octanol–water partition coefficient (Wildman–Crippen LogP) is 0.755. The molecular weight excluding hydrogens is 280 g/mol. The van der Waals surface area contributed by atoms with E-state index in [2.05, 4.69) is 4.40 Å². The van der Waals surface area contributed by atoms with Crippen molar-refractivity contribution in [2.45, 2.75) is 13.1 Å². The fraction of sp³-hybridized carbons (Fsp3) is 0.231. The molecular formula is C13H12N2O4S. The molecule has 1 aromatic rings. The fourth-order valence-corrected chi connectivity index (χ4v) is 3.57. The third-order valence-electron chi connectivity index (χ3n) is 3.39. The lowest BCUT2D eigenvalue weighted by molar-refractivity contribution is -0.131. The second-order valence-electron chi connectivity index (χ2n) is 4.78. The molecule has 0 aromatic heterocycles. The van der Waals surface area contributed by atoms with Crippen LogP contribution < -0.4 is 0 Å². The van der Waals surface area contributed by atoms with E-state index in [1.807, 2.05) is 29.2 Å². The Labute approximate surface area is 116 Å². The van der Waals surface area contributed by atoms with Gasteiger partial charge in [-0.1, -0.05) is 24.3 Å². The van der Waals surface area contributed by atoms with Crippen LogP contribution in [0.25, 0.3) is 0 Å². The Kier molecular flexibility index (Phi) is 2.95. The van der Waals surface area contributed by atoms with Gasteiger partial charge >= 0.3 is 5.97 Å². The third kappa shape index (κ3) is 2.14. The van der Waals surface area contributed by atoms with Gasteiger partial charge in [-0.15, -0.1) is 0 Å². The van der Waals surface area contributed by atoms with Crippen molar-refractivity contribution in [1.29, 1.82) is 0 Å². The monoisotopic (exact) mass is 292 g/mol. The van der Waals surface area contributed by atoms with E-state index in [0.717, 1.165) is 6.21 Å². The maximum Gasteiger partial charge on any atom is 0.349 e. The average molecular weight is 292 g/mol. The van der Waals surface area contributed by atoms with Crippen molar-refractivity contribution < 1.29 is 18.3 Å². The van der Waals surface area contributed by atoms with Crippen LogP contribution in [-0.2, 0) is 27.9 Å². The largest absolute Gasteiger partial charge is 0.477 e. The Morgan fingerprint density at radius 1 is 1.25 bits per heavy atom. The first kappa shape index (κ1) is 13.0. The molecule has 7 heteroatoms. The van der Waals surface area contributed by atoms with Crippen LogP contribution in [0.15, 0.2) is 39.1 Å². The van der Waals surface area contributed by atoms with Crippen LogP contribution in [0.4, 0.5) is 0 Å². The maximum absolute atomic E-state index is 11.6. The Bertz CT molecular complexity index is 724. The van der Waals surface area contributed by atoms with Gasteiger partial charge in [0.15, 0.2) is 4.91 Å². The van der Waals surface area contributed by atoms with Gasteiger partial charge in [-0.3, -0.25) is 4.90 Å². The quantitative estimate of drug-likeness (QED) is 0.888. The molecule has 0 spiro atoms. The van der Waals surface area contributed by atoms with E-state index < -0.39 is 20.9 Å². The molecule has 0 saturated carbocycles. The highest BCUT2D eigenvalue weighted by atomic mass is 32.2. The van der Waals surface area contributed by atoms with Gasteiger partial charge in [-0.2, -0.15) is 12.8 Å². The van der Waals surface area contributed by atoms with Crippen molar-refractivity contribution in [2.75, 3.05) is 6.54 Å². The summed E-state index contributed by atoms with van der Waals surface area (Å²) in [5.41, 5.74) is 2.61. The standard InChI is InChI=1S/C13H12N2O4S/c16-13(17)12-11(5-14-20(12,18)19)8-15-6-9-3-1-2-4-10(9)7-15/h1-5H,6-8H2,(H,16,17). The normalized spacial score (nSPS) is 20.4. The lowest BCUT2D eigenvalue weighted by atomic mass is 10.1. The Morgan fingerprint density at radius 3 is 2.40 bits per heavy atom. The number of benzene rings is 1. The second kappa shape index (κ2) is 4.53. The van der Waals surface area contributed by atoms with Crippen LogP contribution in [0.2, 0.25) is 0 Å². The molecule has 0 unspecified atom stereocenters. The van der Waals surface area contributed by atoms with Crippen molar-refractivity contribution in [3.05, 3.63) is 45.9 Å². The molecule has 0 fully saturated rings. The summed E-state index contributed by atoms with van der Waals surface area (Å²) in [6.07, 6.45) is 1.14. The van der Waals surface area contributed by atoms with E-state index in [0.29, 0.717) is 13.1 Å². The first-order valence-corrected chi connectivity index (χ1v) is 7.47. The summed E-state index contributed by atoms with van der Waals surface area (Å²) < 4.78 is 26.4. The lowest BCUT2D eigenvalue weighted by Crippen LogP contribution is -2.22. The number of carboxylic acids is 1. The van der Waals surface area contributed by atoms with E-state index in [1.54, 1.807) is 0 Å². The van der Waals surface area contributed by atoms with E-state index in [1.165, 1.54) is 11.1 Å². The smallest absolute Gasteiger partial charge is 0.349 e. The zero-order valence-corrected chi connectivity index (χ0v) is 11.3. The minimum absolute atomic E-state index is 0.241. The number of carbonyl (C=O) groups is 1. The molecule has 20 heavy (non-hydrogen) atoms. The predicted molar refractivity (Wildman–Crippen MR) is 72.6 cm³/mol. The van der Waals surface area contributed by atoms with Crippen molar-refractivity contribution in [3.8, 4) is 0 Å². The number of carboxylic acid groups (broad SMARTS) is 1. The van der Waals surface area contributed by atoms with Gasteiger partial charge in [0, 0.05) is 31.4 Å². The van der Waals surface area contributed by atoms with Gasteiger partial charge in [-0.25, -0.2) is 4.79 Å². The summed E-state index contributed by atoms with van der Waals surface area (Å²) in [7, 11) is -4.02. The molecule has 1 N–H and O–H groups in total. The van der Waals surface area contributed by atoms with Gasteiger partial charge < -0.3 is 5.11 Å². The minimum atomic E-state index is -4.02. The number of rotatable bonds is 3. The fourth-order valence-electron chi connectivity index (χ4n) is 2.53. The summed E-state index contributed by atoms with van der Waals surface area (Å²) in [5.74, 6) is -1.45. The highest BCUT2D eigenvalue weighted by Crippen LogP contribution is 2.26. The van der Waals surface area contributed by atoms with Crippen LogP contribution in [0, 0.1) is 0 Å². The zero-order valence-electron chi connectivity index (χ0n) is 10.5. The molecule has 0 radical (unpaired) electrons. The van der Waals surface area contributed by atoms with E-state index in [-0.39, 0.29) is 12.1 Å². The summed E-state index contributed by atoms with van der Waals surface area (Å²) in [4.78, 5) is 12.5. The van der Waals surface area contributed by atoms with Crippen LogP contribution in [0.5, 0.6) is 0 Å². The molecule has 2 aliphatic heterocycles. The Hall–Kier alpha value is -1.99. The van der Waals surface area contributed by atoms with Gasteiger partial charge in [0.2, 0.25) is 0 Å². The average Bonchev–Trinajstić information content (AvgIpc) is 2.89. The van der Waals surface area contributed by atoms with Gasteiger partial charge in [0.05, 0.1) is 0 Å². The highest BCUT2D eigenvalue weighted by Gasteiger charge is 2.33. The number of sulfonamides is 1. The molecule has 6 nitrogen and oxygen atoms in total. The summed E-state index contributed by atoms with van der Waals surface area (Å²) in [6.45, 7) is 1.62. The van der Waals surface area contributed by atoms with E-state index in [9.17, 15) is 13.2 Å². The maximum atomic E-state index is 11.6. The molecule has 104 valence electrons. The molecule has 0 atom stereocenters. The van der Waals surface area contributed by atoms with Gasteiger partial charge in [0.1, 0.15) is 0 Å². The van der Waals surface area contributed by atoms with Crippen molar-refractivity contribution in [3.63, 3.8) is 0 Å². The third-order valence-corrected chi connectivity index (χ3v) is 4.73. The van der Waals surface area contributed by atoms with Crippen LogP contribution >= 0.6 is 0 Å². The lowest BCUT2D eigenvalue weighted by Gasteiger charge is -2.14. The molecule has 0 saturated heterocycles. The minimum Gasteiger partial charge on any atom is -0.477 e. The molecule has 2 heterocycles. The molecule has 0 bridgehead atoms. The Morgan fingerprint density at radius 2 is 1.85 bits per heavy atom. The molecule has 3 rings (SSSR count). The molecule has 1 aromatic carbocycles. The first-order valence-electron chi connectivity index (χ1n) is 6.03. The number of fused-ring (bicyclic) bond motifs is 1. The van der Waals surface area contributed by atoms with Crippen LogP contribution in [0.3, 0.4) is 0 Å². The first-order chi connectivity index (χ1) is 9.47. The van der Waals surface area contributed by atoms with Crippen molar-refractivity contribution in [2.24, 2.45) is 4.40 Å². The summed E-state index contributed by atoms with van der Waals surface area (Å²) in [5, 5.41) is 9.03. The van der Waals surface area contributed by atoms with Crippen molar-refractivity contribution >= 4 is 22.2 Å². The van der Waals surface area contributed by atoms with E-state index in [4.69, 9.17) is 5.11 Å². The number of hydrogen-bond donors (Lipinski definition) is 1. The van der Waals surface area contributed by atoms with Crippen LogP contribution in [0.1, 0.15) is 11.1 Å². The molecule has 0 aliphatic carbocycles. The SMILES string of the molecule is O=C(O)C1=C(CN2Cc3ccccc3C2)C=NS1(=O)=O. The molecule has 0 amide bonds. The van der Waals surface area contributed by atoms with Crippen molar-refractivity contribution in [1.82, 2.24) is 4.90 Å². The summed E-state index contributed by atoms with van der Waals surface area (Å²) >= 11 is 0. The van der Waals surface area contributed by atoms with Crippen LogP contribution in [-0.4, -0.2) is 37.2 Å².